The van der Waals surface area contributed by atoms with Gasteiger partial charge >= 0.3 is 53.4 Å². The van der Waals surface area contributed by atoms with Gasteiger partial charge in [0, 0.05) is 32.1 Å². The number of benzene rings is 4. The maximum absolute atomic E-state index is 14.7. The molecule has 4 aromatic carbocycles. The Kier molecular flexibility index (Phi) is 25.6. The fourth-order valence-corrected chi connectivity index (χ4v) is 6.69. The van der Waals surface area contributed by atoms with Crippen molar-refractivity contribution in [2.24, 2.45) is 10.2 Å². The molecule has 4 aromatic rings. The first kappa shape index (κ1) is 66.7. The summed E-state index contributed by atoms with van der Waals surface area (Å²) in [5, 5.41) is 5.52. The summed E-state index contributed by atoms with van der Waals surface area (Å²) < 4.78 is 216. The van der Waals surface area contributed by atoms with Crippen LogP contribution in [0.15, 0.2) is 10.2 Å². The maximum Gasteiger partial charge on any atom is 1.00 e. The standard InChI is InChI=1S/C22H18F8O4.C22H18F6N6O4.N3.Na/c1-7(2)9-11(15(25)19(29)17(27)13(9)23)21(31)33-5-6-34-22(32)12-10(8(3)4)14(24)18(28)20(30)16(12)26;1-7(2)9-11(13(23)17(27)19(15(9)25)31-33-29)21(35)37-5-6-38-22(36)12-10(8(3)4)16(26)20(32-34-30)18(28)14(12)24;1-3-2;/h7-8H,5-6H2,1-4H3;7-8H,5-6H2,1-4H3;;/q;;-1;+1. The molecule has 0 aliphatic carbocycles. The molecule has 32 heteroatoms. The number of hydrogen-bond donors (Lipinski definition) is 0. The number of carbonyl (C=O) groups is 4. The zero-order chi connectivity index (χ0) is 57.7. The Labute approximate surface area is 441 Å². The molecule has 0 radical (unpaired) electrons. The van der Waals surface area contributed by atoms with Gasteiger partial charge in [-0.3, -0.25) is 4.91 Å². The molecule has 0 aliphatic rings. The van der Waals surface area contributed by atoms with E-state index in [1.807, 2.05) is 0 Å². The molecule has 0 fully saturated rings. The Hall–Kier alpha value is -7.29. The molecule has 0 amide bonds. The average Bonchev–Trinajstić information content (AvgIpc) is 3.34. The molecule has 0 heterocycles. The molecular weight excluding hydrogens is 1070 g/mol. The largest absolute Gasteiger partial charge is 1.00 e. The van der Waals surface area contributed by atoms with Crippen LogP contribution in [0.2, 0.25) is 0 Å². The summed E-state index contributed by atoms with van der Waals surface area (Å²) >= 11 is 0. The van der Waals surface area contributed by atoms with Crippen LogP contribution < -0.4 is 29.6 Å². The smallest absolute Gasteiger partial charge is 0.458 e. The summed E-state index contributed by atoms with van der Waals surface area (Å²) in [4.78, 5) is 55.2. The molecule has 17 nitrogen and oxygen atoms in total. The van der Waals surface area contributed by atoms with Gasteiger partial charge in [-0.1, -0.05) is 65.6 Å². The van der Waals surface area contributed by atoms with Crippen LogP contribution in [0.25, 0.3) is 36.9 Å². The van der Waals surface area contributed by atoms with Gasteiger partial charge in [0.25, 0.3) is 0 Å². The second-order valence-electron chi connectivity index (χ2n) is 15.9. The van der Waals surface area contributed by atoms with Crippen molar-refractivity contribution >= 4 is 35.3 Å². The van der Waals surface area contributed by atoms with Crippen molar-refractivity contribution in [1.82, 2.24) is 0 Å². The van der Waals surface area contributed by atoms with Gasteiger partial charge in [-0.15, -0.1) is 0 Å². The average molecular weight is 1110 g/mol. The van der Waals surface area contributed by atoms with Gasteiger partial charge in [-0.2, -0.15) is 0 Å². The number of halogens is 14. The zero-order valence-corrected chi connectivity index (χ0v) is 42.7. The second-order valence-corrected chi connectivity index (χ2v) is 15.9. The van der Waals surface area contributed by atoms with Crippen molar-refractivity contribution in [2.45, 2.75) is 79.1 Å². The van der Waals surface area contributed by atoms with Gasteiger partial charge in [0.1, 0.15) is 71.7 Å². The SMILES string of the molecule is CC(C)c1c(F)c(F)c(F)c(F)c1C(=O)OCCOC(=O)c1c(F)c(F)c(F)c(F)c1C(C)C.CC(C)c1c(F)c(N=[N+]=[N-])c(F)c(F)c1C(=O)OCCOC(=O)c1c(F)c(F)c(N=[N+]=[N-])c(F)c1C(C)C.[N-]=[N+]=[N-].[Na+]. The fourth-order valence-electron chi connectivity index (χ4n) is 6.69. The van der Waals surface area contributed by atoms with Crippen molar-refractivity contribution in [3.8, 4) is 0 Å². The molecule has 76 heavy (non-hydrogen) atoms. The molecule has 0 aromatic heterocycles. The number of ether oxygens (including phenoxy) is 4. The number of nitrogens with zero attached hydrogens (tertiary/aromatic N) is 9. The van der Waals surface area contributed by atoms with Gasteiger partial charge < -0.3 is 30.0 Å². The molecule has 0 atom stereocenters. The summed E-state index contributed by atoms with van der Waals surface area (Å²) in [5.74, 6) is -37.0. The first-order chi connectivity index (χ1) is 35.0. The zero-order valence-electron chi connectivity index (χ0n) is 40.7. The van der Waals surface area contributed by atoms with Crippen LogP contribution >= 0.6 is 0 Å². The molecule has 0 aliphatic heterocycles. The molecule has 0 saturated heterocycles. The Balaban J connectivity index is 0.000000717. The fraction of sp³-hybridized carbons (Fsp3) is 0.364. The molecule has 0 unspecified atom stereocenters. The predicted molar refractivity (Wildman–Crippen MR) is 230 cm³/mol. The molecule has 0 saturated carbocycles. The van der Waals surface area contributed by atoms with Crippen molar-refractivity contribution in [1.29, 1.82) is 0 Å². The van der Waals surface area contributed by atoms with E-state index in [1.54, 1.807) is 0 Å². The Morgan fingerprint density at radius 3 is 0.737 bits per heavy atom. The number of carbonyl (C=O) groups excluding carboxylic acids is 4. The van der Waals surface area contributed by atoms with E-state index in [0.717, 1.165) is 0 Å². The van der Waals surface area contributed by atoms with Crippen LogP contribution in [-0.2, 0) is 18.9 Å². The van der Waals surface area contributed by atoms with E-state index >= 15 is 0 Å². The molecular formula is C44H36F14N9NaO8. The minimum absolute atomic E-state index is 0. The molecule has 0 spiro atoms. The van der Waals surface area contributed by atoms with E-state index in [1.165, 1.54) is 60.3 Å². The van der Waals surface area contributed by atoms with Crippen LogP contribution in [0.3, 0.4) is 0 Å². The van der Waals surface area contributed by atoms with Crippen molar-refractivity contribution in [3.05, 3.63) is 163 Å². The van der Waals surface area contributed by atoms with E-state index in [4.69, 9.17) is 31.6 Å². The number of hydrogen-bond acceptors (Lipinski definition) is 10. The molecule has 404 valence electrons. The van der Waals surface area contributed by atoms with Crippen molar-refractivity contribution < 1.29 is 129 Å². The predicted octanol–water partition coefficient (Wildman–Crippen LogP) is 11.6. The van der Waals surface area contributed by atoms with Crippen LogP contribution in [0.4, 0.5) is 72.8 Å². The summed E-state index contributed by atoms with van der Waals surface area (Å²) in [6.07, 6.45) is 0. The van der Waals surface area contributed by atoms with Crippen molar-refractivity contribution in [3.63, 3.8) is 0 Å². The Morgan fingerprint density at radius 1 is 0.355 bits per heavy atom. The van der Waals surface area contributed by atoms with Crippen LogP contribution in [0.5, 0.6) is 0 Å². The summed E-state index contributed by atoms with van der Waals surface area (Å²) in [6.45, 7) is 7.00. The second kappa shape index (κ2) is 29.1. The van der Waals surface area contributed by atoms with Gasteiger partial charge in [0.05, 0.1) is 0 Å². The van der Waals surface area contributed by atoms with Gasteiger partial charge in [-0.25, -0.2) is 80.6 Å². The third kappa shape index (κ3) is 14.5. The van der Waals surface area contributed by atoms with Gasteiger partial charge in [0.15, 0.2) is 69.8 Å². The third-order valence-electron chi connectivity index (χ3n) is 9.79. The quantitative estimate of drug-likeness (QED) is 0.00992. The normalized spacial score (nSPS) is 10.6. The van der Waals surface area contributed by atoms with E-state index < -0.39 is 211 Å². The van der Waals surface area contributed by atoms with Gasteiger partial charge in [-0.05, 0) is 34.7 Å². The van der Waals surface area contributed by atoms with E-state index in [9.17, 15) is 80.6 Å². The molecule has 4 rings (SSSR count). The van der Waals surface area contributed by atoms with E-state index in [2.05, 4.69) is 29.5 Å². The van der Waals surface area contributed by atoms with Crippen LogP contribution in [0.1, 0.15) is 143 Å². The van der Waals surface area contributed by atoms with Crippen molar-refractivity contribution in [2.75, 3.05) is 26.4 Å². The Morgan fingerprint density at radius 2 is 0.539 bits per heavy atom. The molecule has 0 N–H and O–H groups in total. The number of esters is 4. The van der Waals surface area contributed by atoms with Crippen LogP contribution in [-0.4, -0.2) is 50.3 Å². The summed E-state index contributed by atoms with van der Waals surface area (Å²) in [5.41, 5.74) is 20.3. The number of rotatable bonds is 16. The summed E-state index contributed by atoms with van der Waals surface area (Å²) in [6, 6.07) is 0. The first-order valence-electron chi connectivity index (χ1n) is 20.9. The minimum atomic E-state index is -2.24. The first-order valence-corrected chi connectivity index (χ1v) is 20.9. The topological polar surface area (TPSA) is 261 Å². The van der Waals surface area contributed by atoms with Crippen LogP contribution in [0, 0.1) is 81.4 Å². The monoisotopic (exact) mass is 1110 g/mol. The van der Waals surface area contributed by atoms with E-state index in [-0.39, 0.29) is 29.6 Å². The summed E-state index contributed by atoms with van der Waals surface area (Å²) in [7, 11) is 0. The van der Waals surface area contributed by atoms with E-state index in [0.29, 0.717) is 0 Å². The third-order valence-corrected chi connectivity index (χ3v) is 9.79. The molecule has 0 bridgehead atoms. The number of azide groups is 2. The Bertz CT molecular complexity index is 2860. The maximum atomic E-state index is 14.7. The minimum Gasteiger partial charge on any atom is -0.458 e. The van der Waals surface area contributed by atoms with Gasteiger partial charge in [0.2, 0.25) is 0 Å².